The summed E-state index contributed by atoms with van der Waals surface area (Å²) < 4.78 is 4.70. The van der Waals surface area contributed by atoms with E-state index in [0.29, 0.717) is 13.0 Å². The molecule has 0 saturated carbocycles. The molecular weight excluding hydrogens is 128 g/mol. The summed E-state index contributed by atoms with van der Waals surface area (Å²) in [6, 6.07) is 0. The van der Waals surface area contributed by atoms with Gasteiger partial charge in [-0.2, -0.15) is 0 Å². The van der Waals surface area contributed by atoms with E-state index in [4.69, 9.17) is 11.2 Å². The summed E-state index contributed by atoms with van der Waals surface area (Å²) >= 11 is 0. The summed E-state index contributed by atoms with van der Waals surface area (Å²) in [5.74, 6) is 1.72. The first kappa shape index (κ1) is 9.03. The first-order valence-electron chi connectivity index (χ1n) is 3.39. The van der Waals surface area contributed by atoms with Crippen molar-refractivity contribution in [3.8, 4) is 12.3 Å². The summed E-state index contributed by atoms with van der Waals surface area (Å²) in [4.78, 5) is 10.8. The van der Waals surface area contributed by atoms with Crippen LogP contribution < -0.4 is 0 Å². The molecule has 0 amide bonds. The molecule has 0 aromatic carbocycles. The maximum atomic E-state index is 10.8. The maximum Gasteiger partial charge on any atom is 0.321 e. The Kier molecular flexibility index (Phi) is 4.39. The molecule has 1 unspecified atom stereocenters. The van der Waals surface area contributed by atoms with E-state index in [1.807, 2.05) is 6.92 Å². The van der Waals surface area contributed by atoms with Crippen molar-refractivity contribution in [2.45, 2.75) is 20.3 Å². The number of carbonyl (C=O) groups excluding carboxylic acids is 1. The van der Waals surface area contributed by atoms with Crippen LogP contribution in [0.15, 0.2) is 0 Å². The van der Waals surface area contributed by atoms with Crippen molar-refractivity contribution < 1.29 is 9.53 Å². The Morgan fingerprint density at radius 1 is 1.70 bits per heavy atom. The van der Waals surface area contributed by atoms with Crippen LogP contribution in [0.4, 0.5) is 0 Å². The Bertz CT molecular complexity index is 144. The van der Waals surface area contributed by atoms with E-state index >= 15 is 0 Å². The van der Waals surface area contributed by atoms with E-state index in [0.717, 1.165) is 0 Å². The lowest BCUT2D eigenvalue weighted by Crippen LogP contribution is -2.14. The molecule has 1 atom stereocenters. The van der Waals surface area contributed by atoms with E-state index in [9.17, 15) is 4.79 Å². The Balaban J connectivity index is 3.80. The van der Waals surface area contributed by atoms with Crippen LogP contribution in [0, 0.1) is 18.3 Å². The predicted molar refractivity (Wildman–Crippen MR) is 39.2 cm³/mol. The molecule has 0 heterocycles. The SMILES string of the molecule is C#CC(CC)C(=O)OCC. The fourth-order valence-electron chi connectivity index (χ4n) is 0.595. The highest BCUT2D eigenvalue weighted by molar-refractivity contribution is 5.75. The Labute approximate surface area is 61.6 Å². The third-order valence-electron chi connectivity index (χ3n) is 1.18. The second-order valence-corrected chi connectivity index (χ2v) is 1.88. The average molecular weight is 140 g/mol. The van der Waals surface area contributed by atoms with Gasteiger partial charge in [0.1, 0.15) is 5.92 Å². The van der Waals surface area contributed by atoms with Crippen molar-refractivity contribution in [3.63, 3.8) is 0 Å². The van der Waals surface area contributed by atoms with Crippen LogP contribution in [0.1, 0.15) is 20.3 Å². The van der Waals surface area contributed by atoms with Crippen LogP contribution in [0.3, 0.4) is 0 Å². The second-order valence-electron chi connectivity index (χ2n) is 1.88. The molecule has 0 spiro atoms. The minimum Gasteiger partial charge on any atom is -0.465 e. The summed E-state index contributed by atoms with van der Waals surface area (Å²) in [5, 5.41) is 0. The van der Waals surface area contributed by atoms with Crippen LogP contribution in [-0.4, -0.2) is 12.6 Å². The number of carbonyl (C=O) groups is 1. The van der Waals surface area contributed by atoms with Gasteiger partial charge in [-0.15, -0.1) is 6.42 Å². The fourth-order valence-corrected chi connectivity index (χ4v) is 0.595. The number of ether oxygens (including phenoxy) is 1. The monoisotopic (exact) mass is 140 g/mol. The zero-order valence-electron chi connectivity index (χ0n) is 6.39. The van der Waals surface area contributed by atoms with Gasteiger partial charge in [-0.3, -0.25) is 4.79 Å². The molecule has 0 N–H and O–H groups in total. The standard InChI is InChI=1S/C8H12O2/c1-4-7(5-2)8(9)10-6-3/h1,7H,5-6H2,2-3H3. The van der Waals surface area contributed by atoms with Gasteiger partial charge < -0.3 is 4.74 Å². The molecule has 0 aliphatic carbocycles. The van der Waals surface area contributed by atoms with Crippen LogP contribution in [0.5, 0.6) is 0 Å². The summed E-state index contributed by atoms with van der Waals surface area (Å²) in [7, 11) is 0. The Morgan fingerprint density at radius 2 is 2.30 bits per heavy atom. The van der Waals surface area contributed by atoms with Crippen LogP contribution in [-0.2, 0) is 9.53 Å². The molecule has 10 heavy (non-hydrogen) atoms. The number of rotatable bonds is 3. The predicted octanol–water partition coefficient (Wildman–Crippen LogP) is 1.21. The van der Waals surface area contributed by atoms with Gasteiger partial charge >= 0.3 is 5.97 Å². The van der Waals surface area contributed by atoms with Crippen LogP contribution >= 0.6 is 0 Å². The van der Waals surface area contributed by atoms with Crippen molar-refractivity contribution in [3.05, 3.63) is 0 Å². The topological polar surface area (TPSA) is 26.3 Å². The zero-order valence-corrected chi connectivity index (χ0v) is 6.39. The van der Waals surface area contributed by atoms with E-state index in [-0.39, 0.29) is 11.9 Å². The highest BCUT2D eigenvalue weighted by atomic mass is 16.5. The summed E-state index contributed by atoms with van der Waals surface area (Å²) in [6.07, 6.45) is 5.71. The lowest BCUT2D eigenvalue weighted by atomic mass is 10.1. The first-order chi connectivity index (χ1) is 4.76. The van der Waals surface area contributed by atoms with Crippen molar-refractivity contribution >= 4 is 5.97 Å². The molecule has 0 rings (SSSR count). The lowest BCUT2D eigenvalue weighted by molar-refractivity contribution is -0.146. The normalized spacial score (nSPS) is 11.7. The number of hydrogen-bond donors (Lipinski definition) is 0. The largest absolute Gasteiger partial charge is 0.465 e. The molecule has 0 aromatic rings. The molecule has 0 aliphatic heterocycles. The zero-order chi connectivity index (χ0) is 7.98. The molecule has 56 valence electrons. The molecule has 2 nitrogen and oxygen atoms in total. The van der Waals surface area contributed by atoms with Gasteiger partial charge in [-0.05, 0) is 13.3 Å². The number of esters is 1. The van der Waals surface area contributed by atoms with Crippen molar-refractivity contribution in [2.24, 2.45) is 5.92 Å². The minimum atomic E-state index is -0.361. The third-order valence-corrected chi connectivity index (χ3v) is 1.18. The molecule has 0 saturated heterocycles. The fraction of sp³-hybridized carbons (Fsp3) is 0.625. The van der Waals surface area contributed by atoms with Crippen LogP contribution in [0.2, 0.25) is 0 Å². The van der Waals surface area contributed by atoms with Crippen LogP contribution in [0.25, 0.3) is 0 Å². The third kappa shape index (κ3) is 2.54. The maximum absolute atomic E-state index is 10.8. The van der Waals surface area contributed by atoms with Crippen molar-refractivity contribution in [1.82, 2.24) is 0 Å². The molecule has 0 aromatic heterocycles. The van der Waals surface area contributed by atoms with Gasteiger partial charge in [0.25, 0.3) is 0 Å². The van der Waals surface area contributed by atoms with E-state index in [2.05, 4.69) is 5.92 Å². The average Bonchev–Trinajstić information content (AvgIpc) is 1.91. The van der Waals surface area contributed by atoms with Gasteiger partial charge in [-0.1, -0.05) is 12.8 Å². The van der Waals surface area contributed by atoms with Crippen molar-refractivity contribution in [1.29, 1.82) is 0 Å². The summed E-state index contributed by atoms with van der Waals surface area (Å²) in [6.45, 7) is 4.03. The number of terminal acetylenes is 1. The van der Waals surface area contributed by atoms with Gasteiger partial charge in [0.05, 0.1) is 6.61 Å². The molecule has 0 bridgehead atoms. The Morgan fingerprint density at radius 3 is 2.60 bits per heavy atom. The molecule has 0 fully saturated rings. The van der Waals surface area contributed by atoms with Crippen molar-refractivity contribution in [2.75, 3.05) is 6.61 Å². The highest BCUT2D eigenvalue weighted by Crippen LogP contribution is 2.02. The van der Waals surface area contributed by atoms with Gasteiger partial charge in [0.2, 0.25) is 0 Å². The first-order valence-corrected chi connectivity index (χ1v) is 3.39. The van der Waals surface area contributed by atoms with E-state index < -0.39 is 0 Å². The second kappa shape index (κ2) is 4.87. The molecule has 2 heteroatoms. The Hall–Kier alpha value is -0.970. The van der Waals surface area contributed by atoms with Gasteiger partial charge in [0, 0.05) is 0 Å². The summed E-state index contributed by atoms with van der Waals surface area (Å²) in [5.41, 5.74) is 0. The van der Waals surface area contributed by atoms with E-state index in [1.165, 1.54) is 0 Å². The van der Waals surface area contributed by atoms with E-state index in [1.54, 1.807) is 6.92 Å². The quantitative estimate of drug-likeness (QED) is 0.435. The highest BCUT2D eigenvalue weighted by Gasteiger charge is 2.13. The minimum absolute atomic E-state index is 0.285. The molecule has 0 aliphatic rings. The van der Waals surface area contributed by atoms with Gasteiger partial charge in [-0.25, -0.2) is 0 Å². The lowest BCUT2D eigenvalue weighted by Gasteiger charge is -2.05. The molecule has 0 radical (unpaired) electrons. The smallest absolute Gasteiger partial charge is 0.321 e. The van der Waals surface area contributed by atoms with Gasteiger partial charge in [0.15, 0.2) is 0 Å². The number of hydrogen-bond acceptors (Lipinski definition) is 2. The molecular formula is C8H12O2.